The Balaban J connectivity index is 1.82. The van der Waals surface area contributed by atoms with E-state index in [1.807, 2.05) is 24.3 Å². The Morgan fingerprint density at radius 2 is 1.93 bits per heavy atom. The number of carbonyl (C=O) groups is 1. The molecule has 29 heavy (non-hydrogen) atoms. The van der Waals surface area contributed by atoms with Crippen molar-refractivity contribution in [2.45, 2.75) is 25.2 Å². The zero-order chi connectivity index (χ0) is 21.0. The summed E-state index contributed by atoms with van der Waals surface area (Å²) in [7, 11) is 1.60. The first-order valence-corrected chi connectivity index (χ1v) is 9.31. The van der Waals surface area contributed by atoms with Gasteiger partial charge in [0.15, 0.2) is 0 Å². The molecule has 2 aromatic carbocycles. The first kappa shape index (κ1) is 20.7. The van der Waals surface area contributed by atoms with Crippen molar-refractivity contribution < 1.29 is 23.6 Å². The first-order chi connectivity index (χ1) is 13.9. The van der Waals surface area contributed by atoms with Gasteiger partial charge in [0.25, 0.3) is 11.6 Å². The minimum Gasteiger partial charge on any atom is -0.497 e. The van der Waals surface area contributed by atoms with E-state index in [-0.39, 0.29) is 16.5 Å². The number of ether oxygens (including phenoxy) is 2. The van der Waals surface area contributed by atoms with Crippen molar-refractivity contribution in [2.75, 3.05) is 26.9 Å². The summed E-state index contributed by atoms with van der Waals surface area (Å²) in [6, 6.07) is 9.80. The topological polar surface area (TPSA) is 90.7 Å². The molecule has 0 spiro atoms. The van der Waals surface area contributed by atoms with E-state index in [9.17, 15) is 19.3 Å². The molecule has 0 saturated carbocycles. The van der Waals surface area contributed by atoms with Crippen LogP contribution in [0.25, 0.3) is 0 Å². The van der Waals surface area contributed by atoms with Gasteiger partial charge in [0.2, 0.25) is 0 Å². The Morgan fingerprint density at radius 3 is 2.52 bits per heavy atom. The van der Waals surface area contributed by atoms with Gasteiger partial charge < -0.3 is 14.8 Å². The summed E-state index contributed by atoms with van der Waals surface area (Å²) in [6.45, 7) is 2.75. The second-order valence-electron chi connectivity index (χ2n) is 7.16. The van der Waals surface area contributed by atoms with Crippen LogP contribution in [0.2, 0.25) is 0 Å². The zero-order valence-corrected chi connectivity index (χ0v) is 16.4. The monoisotopic (exact) mass is 402 g/mol. The zero-order valence-electron chi connectivity index (χ0n) is 16.4. The van der Waals surface area contributed by atoms with E-state index < -0.39 is 22.3 Å². The van der Waals surface area contributed by atoms with Crippen molar-refractivity contribution in [2.24, 2.45) is 0 Å². The van der Waals surface area contributed by atoms with Crippen molar-refractivity contribution in [3.8, 4) is 5.75 Å². The molecule has 2 aromatic rings. The number of nitrogens with zero attached hydrogens (tertiary/aromatic N) is 1. The molecule has 1 saturated heterocycles. The fourth-order valence-corrected chi connectivity index (χ4v) is 3.61. The predicted molar refractivity (Wildman–Crippen MR) is 105 cm³/mol. The van der Waals surface area contributed by atoms with Gasteiger partial charge in [-0.1, -0.05) is 12.1 Å². The van der Waals surface area contributed by atoms with E-state index in [4.69, 9.17) is 9.47 Å². The Hall–Kier alpha value is -3.00. The van der Waals surface area contributed by atoms with Crippen LogP contribution >= 0.6 is 0 Å². The normalized spacial score (nSPS) is 15.6. The van der Waals surface area contributed by atoms with Gasteiger partial charge in [-0.05, 0) is 43.5 Å². The molecule has 1 amide bonds. The summed E-state index contributed by atoms with van der Waals surface area (Å²) in [6.07, 6.45) is 1.42. The maximum absolute atomic E-state index is 14.1. The van der Waals surface area contributed by atoms with Gasteiger partial charge in [-0.15, -0.1) is 0 Å². The quantitative estimate of drug-likeness (QED) is 0.590. The number of nitro benzene ring substituents is 1. The van der Waals surface area contributed by atoms with Crippen LogP contribution < -0.4 is 10.1 Å². The molecule has 8 heteroatoms. The lowest BCUT2D eigenvalue weighted by Crippen LogP contribution is -2.44. The number of halogens is 1. The summed E-state index contributed by atoms with van der Waals surface area (Å²) >= 11 is 0. The number of hydrogen-bond acceptors (Lipinski definition) is 5. The Labute approximate surface area is 168 Å². The van der Waals surface area contributed by atoms with E-state index >= 15 is 0 Å². The molecule has 154 valence electrons. The lowest BCUT2D eigenvalue weighted by Gasteiger charge is -2.38. The molecule has 1 aliphatic heterocycles. The molecule has 0 bridgehead atoms. The third-order valence-corrected chi connectivity index (χ3v) is 5.52. The van der Waals surface area contributed by atoms with E-state index in [1.54, 1.807) is 7.11 Å². The van der Waals surface area contributed by atoms with Crippen molar-refractivity contribution in [3.05, 3.63) is 69.0 Å². The number of nitro groups is 1. The summed E-state index contributed by atoms with van der Waals surface area (Å²) in [5, 5.41) is 14.0. The second-order valence-corrected chi connectivity index (χ2v) is 7.16. The number of rotatable bonds is 6. The number of benzene rings is 2. The average Bonchev–Trinajstić information content (AvgIpc) is 2.74. The number of carbonyl (C=O) groups excluding carboxylic acids is 1. The maximum Gasteiger partial charge on any atom is 0.276 e. The van der Waals surface area contributed by atoms with Crippen molar-refractivity contribution in [3.63, 3.8) is 0 Å². The van der Waals surface area contributed by atoms with Crippen LogP contribution in [0.3, 0.4) is 0 Å². The maximum atomic E-state index is 14.1. The lowest BCUT2D eigenvalue weighted by molar-refractivity contribution is -0.385. The van der Waals surface area contributed by atoms with Gasteiger partial charge in [-0.25, -0.2) is 4.39 Å². The highest BCUT2D eigenvalue weighted by Crippen LogP contribution is 2.35. The SMILES string of the molecule is COc1ccc(C2(CNC(=O)c3cc(F)c(C)c([N+](=O)[O-])c3)CCOCC2)cc1. The highest BCUT2D eigenvalue weighted by Gasteiger charge is 2.35. The number of methoxy groups -OCH3 is 1. The van der Waals surface area contributed by atoms with Crippen LogP contribution in [0.4, 0.5) is 10.1 Å². The third-order valence-electron chi connectivity index (χ3n) is 5.52. The number of nitrogens with one attached hydrogen (secondary N) is 1. The molecule has 0 radical (unpaired) electrons. The minimum atomic E-state index is -0.778. The van der Waals surface area contributed by atoms with Crippen LogP contribution in [0.15, 0.2) is 36.4 Å². The molecule has 7 nitrogen and oxygen atoms in total. The van der Waals surface area contributed by atoms with Gasteiger partial charge in [-0.2, -0.15) is 0 Å². The molecule has 0 atom stereocenters. The Morgan fingerprint density at radius 1 is 1.28 bits per heavy atom. The molecular weight excluding hydrogens is 379 g/mol. The molecule has 3 rings (SSSR count). The lowest BCUT2D eigenvalue weighted by atomic mass is 9.74. The molecule has 1 aliphatic rings. The van der Waals surface area contributed by atoms with E-state index in [0.717, 1.165) is 23.4 Å². The van der Waals surface area contributed by atoms with Gasteiger partial charge in [-0.3, -0.25) is 14.9 Å². The third kappa shape index (κ3) is 4.37. The smallest absolute Gasteiger partial charge is 0.276 e. The molecular formula is C21H23FN2O5. The van der Waals surface area contributed by atoms with E-state index in [2.05, 4.69) is 5.32 Å². The van der Waals surface area contributed by atoms with Crippen molar-refractivity contribution in [1.82, 2.24) is 5.32 Å². The Kier molecular flexibility index (Phi) is 6.12. The van der Waals surface area contributed by atoms with Crippen molar-refractivity contribution >= 4 is 11.6 Å². The number of hydrogen-bond donors (Lipinski definition) is 1. The van der Waals surface area contributed by atoms with Crippen LogP contribution in [0, 0.1) is 22.9 Å². The molecule has 1 heterocycles. The Bertz CT molecular complexity index is 908. The van der Waals surface area contributed by atoms with Crippen LogP contribution in [0.5, 0.6) is 5.75 Å². The number of amides is 1. The minimum absolute atomic E-state index is 0.0725. The van der Waals surface area contributed by atoms with E-state index in [0.29, 0.717) is 32.6 Å². The van der Waals surface area contributed by atoms with Crippen LogP contribution in [-0.2, 0) is 10.2 Å². The highest BCUT2D eigenvalue weighted by atomic mass is 19.1. The van der Waals surface area contributed by atoms with Gasteiger partial charge in [0, 0.05) is 36.8 Å². The van der Waals surface area contributed by atoms with Crippen molar-refractivity contribution in [1.29, 1.82) is 0 Å². The fraction of sp³-hybridized carbons (Fsp3) is 0.381. The summed E-state index contributed by atoms with van der Waals surface area (Å²) in [4.78, 5) is 23.1. The standard InChI is InChI=1S/C21H23FN2O5/c1-14-18(22)11-15(12-19(14)24(26)27)20(25)23-13-21(7-9-29-10-8-21)16-3-5-17(28-2)6-4-16/h3-6,11-12H,7-10,13H2,1-2H3,(H,23,25). The summed E-state index contributed by atoms with van der Waals surface area (Å²) in [5.41, 5.74) is 0.131. The molecule has 0 aromatic heterocycles. The summed E-state index contributed by atoms with van der Waals surface area (Å²) < 4.78 is 24.8. The fourth-order valence-electron chi connectivity index (χ4n) is 3.61. The van der Waals surface area contributed by atoms with Gasteiger partial charge in [0.1, 0.15) is 11.6 Å². The largest absolute Gasteiger partial charge is 0.497 e. The molecule has 0 unspecified atom stereocenters. The van der Waals surface area contributed by atoms with Gasteiger partial charge >= 0.3 is 0 Å². The molecule has 1 N–H and O–H groups in total. The van der Waals surface area contributed by atoms with E-state index in [1.165, 1.54) is 6.92 Å². The summed E-state index contributed by atoms with van der Waals surface area (Å²) in [5.74, 6) is -0.589. The second kappa shape index (κ2) is 8.57. The predicted octanol–water partition coefficient (Wildman–Crippen LogP) is 3.53. The average molecular weight is 402 g/mol. The van der Waals surface area contributed by atoms with Gasteiger partial charge in [0.05, 0.1) is 17.6 Å². The first-order valence-electron chi connectivity index (χ1n) is 9.31. The molecule has 1 fully saturated rings. The highest BCUT2D eigenvalue weighted by molar-refractivity contribution is 5.95. The van der Waals surface area contributed by atoms with Crippen LogP contribution in [-0.4, -0.2) is 37.7 Å². The molecule has 0 aliphatic carbocycles. The van der Waals surface area contributed by atoms with Crippen LogP contribution in [0.1, 0.15) is 34.3 Å².